The van der Waals surface area contributed by atoms with Gasteiger partial charge in [0.2, 0.25) is 11.8 Å². The lowest BCUT2D eigenvalue weighted by molar-refractivity contribution is -0.122. The third kappa shape index (κ3) is 2.30. The molecule has 1 saturated carbocycles. The van der Waals surface area contributed by atoms with E-state index in [1.807, 2.05) is 24.3 Å². The van der Waals surface area contributed by atoms with Gasteiger partial charge in [0.1, 0.15) is 12.4 Å². The normalized spacial score (nSPS) is 28.3. The third-order valence-electron chi connectivity index (χ3n) is 4.87. The Balaban J connectivity index is 1.53. The summed E-state index contributed by atoms with van der Waals surface area (Å²) < 4.78 is 11.1. The van der Waals surface area contributed by atoms with Crippen LogP contribution in [-0.4, -0.2) is 42.4 Å². The maximum Gasteiger partial charge on any atom is 0.224 e. The summed E-state index contributed by atoms with van der Waals surface area (Å²) in [6, 6.07) is 7.59. The first-order valence-electron chi connectivity index (χ1n) is 7.69. The minimum absolute atomic E-state index is 0.0233. The molecule has 2 N–H and O–H groups in total. The van der Waals surface area contributed by atoms with E-state index in [-0.39, 0.29) is 36.3 Å². The number of aromatic nitrogens is 1. The summed E-state index contributed by atoms with van der Waals surface area (Å²) in [4.78, 5) is 16.1. The van der Waals surface area contributed by atoms with E-state index in [0.717, 1.165) is 16.5 Å². The molecule has 1 aromatic carbocycles. The maximum absolute atomic E-state index is 11.8. The minimum Gasteiger partial charge on any atom is -0.497 e. The molecule has 1 aliphatic carbocycles. The first-order chi connectivity index (χ1) is 11.2. The fourth-order valence-electron chi connectivity index (χ4n) is 3.61. The Hall–Kier alpha value is -2.34. The molecule has 0 spiro atoms. The number of amides is 1. The summed E-state index contributed by atoms with van der Waals surface area (Å²) in [5, 5.41) is 14.1. The average Bonchev–Trinajstić information content (AvgIpc) is 3.23. The molecule has 6 heteroatoms. The van der Waals surface area contributed by atoms with Crippen LogP contribution in [0.1, 0.15) is 0 Å². The third-order valence-corrected chi connectivity index (χ3v) is 4.87. The van der Waals surface area contributed by atoms with E-state index in [0.29, 0.717) is 12.5 Å². The van der Waals surface area contributed by atoms with E-state index in [1.54, 1.807) is 13.3 Å². The molecule has 2 heterocycles. The van der Waals surface area contributed by atoms with Crippen molar-refractivity contribution in [1.82, 2.24) is 10.3 Å². The van der Waals surface area contributed by atoms with Crippen LogP contribution in [0.5, 0.6) is 11.6 Å². The molecule has 4 atom stereocenters. The van der Waals surface area contributed by atoms with Gasteiger partial charge in [-0.2, -0.15) is 0 Å². The second-order valence-corrected chi connectivity index (χ2v) is 6.08. The minimum atomic E-state index is -0.0627. The number of rotatable bonds is 5. The van der Waals surface area contributed by atoms with Gasteiger partial charge < -0.3 is 19.9 Å². The molecule has 0 radical (unpaired) electrons. The number of ether oxygens (including phenoxy) is 2. The monoisotopic (exact) mass is 314 g/mol. The zero-order chi connectivity index (χ0) is 16.0. The lowest BCUT2D eigenvalue weighted by atomic mass is 10.1. The van der Waals surface area contributed by atoms with E-state index in [9.17, 15) is 9.90 Å². The van der Waals surface area contributed by atoms with Gasteiger partial charge in [-0.25, -0.2) is 4.98 Å². The predicted octanol–water partition coefficient (Wildman–Crippen LogP) is 0.975. The number of carbonyl (C=O) groups is 1. The summed E-state index contributed by atoms with van der Waals surface area (Å²) in [7, 11) is 1.62. The second-order valence-electron chi connectivity index (χ2n) is 6.08. The van der Waals surface area contributed by atoms with Crippen molar-refractivity contribution in [1.29, 1.82) is 0 Å². The van der Waals surface area contributed by atoms with Crippen molar-refractivity contribution in [2.45, 2.75) is 6.04 Å². The van der Waals surface area contributed by atoms with E-state index in [1.165, 1.54) is 0 Å². The molecule has 2 fully saturated rings. The van der Waals surface area contributed by atoms with Crippen LogP contribution >= 0.6 is 0 Å². The van der Waals surface area contributed by atoms with E-state index in [4.69, 9.17) is 9.47 Å². The summed E-state index contributed by atoms with van der Waals surface area (Å²) in [6.07, 6.45) is 1.70. The molecular formula is C17H18N2O4. The molecule has 1 amide bonds. The number of hydrogen-bond acceptors (Lipinski definition) is 5. The standard InChI is InChI=1S/C17H18N2O4/c1-22-10-3-2-9-4-5-18-17(11(9)6-10)23-8-13-14-12(7-20)15(14)16(21)19-13/h2-6,12-15,20H,7-8H2,1H3,(H,19,21)/t12?,13-,14-,15-/m1/s1. The number of aliphatic hydroxyl groups excluding tert-OH is 1. The molecule has 0 bridgehead atoms. The first kappa shape index (κ1) is 14.3. The van der Waals surface area contributed by atoms with Gasteiger partial charge in [0.15, 0.2) is 0 Å². The summed E-state index contributed by atoms with van der Waals surface area (Å²) >= 11 is 0. The van der Waals surface area contributed by atoms with Gasteiger partial charge in [0, 0.05) is 30.0 Å². The number of pyridine rings is 1. The van der Waals surface area contributed by atoms with Crippen LogP contribution in [0.25, 0.3) is 10.8 Å². The van der Waals surface area contributed by atoms with Gasteiger partial charge in [-0.15, -0.1) is 0 Å². The fourth-order valence-corrected chi connectivity index (χ4v) is 3.61. The topological polar surface area (TPSA) is 80.7 Å². The Labute approximate surface area is 133 Å². The van der Waals surface area contributed by atoms with Crippen LogP contribution in [0.2, 0.25) is 0 Å². The largest absolute Gasteiger partial charge is 0.497 e. The number of fused-ring (bicyclic) bond motifs is 2. The highest BCUT2D eigenvalue weighted by Gasteiger charge is 2.63. The van der Waals surface area contributed by atoms with Crippen molar-refractivity contribution in [3.8, 4) is 11.6 Å². The summed E-state index contributed by atoms with van der Waals surface area (Å²) in [5.41, 5.74) is 0. The number of hydrogen-bond donors (Lipinski definition) is 2. The molecule has 23 heavy (non-hydrogen) atoms. The van der Waals surface area contributed by atoms with Crippen molar-refractivity contribution >= 4 is 16.7 Å². The van der Waals surface area contributed by atoms with Crippen LogP contribution in [0, 0.1) is 17.8 Å². The summed E-state index contributed by atoms with van der Waals surface area (Å²) in [5.74, 6) is 1.51. The van der Waals surface area contributed by atoms with E-state index >= 15 is 0 Å². The van der Waals surface area contributed by atoms with E-state index in [2.05, 4.69) is 10.3 Å². The van der Waals surface area contributed by atoms with Crippen molar-refractivity contribution < 1.29 is 19.4 Å². The van der Waals surface area contributed by atoms with Crippen LogP contribution in [-0.2, 0) is 4.79 Å². The van der Waals surface area contributed by atoms with Crippen LogP contribution in [0.15, 0.2) is 30.5 Å². The number of aliphatic hydroxyl groups is 1. The zero-order valence-electron chi connectivity index (χ0n) is 12.7. The quantitative estimate of drug-likeness (QED) is 0.860. The Bertz CT molecular complexity index is 763. The highest BCUT2D eigenvalue weighted by molar-refractivity contribution is 5.88. The van der Waals surface area contributed by atoms with Gasteiger partial charge in [0.05, 0.1) is 13.2 Å². The average molecular weight is 314 g/mol. The smallest absolute Gasteiger partial charge is 0.224 e. The van der Waals surface area contributed by atoms with Gasteiger partial charge in [0.25, 0.3) is 0 Å². The number of methoxy groups -OCH3 is 1. The molecule has 2 aromatic rings. The van der Waals surface area contributed by atoms with Crippen LogP contribution in [0.4, 0.5) is 0 Å². The van der Waals surface area contributed by atoms with Gasteiger partial charge in [-0.1, -0.05) is 6.07 Å². The van der Waals surface area contributed by atoms with Crippen LogP contribution < -0.4 is 14.8 Å². The van der Waals surface area contributed by atoms with Crippen molar-refractivity contribution in [3.63, 3.8) is 0 Å². The number of nitrogens with one attached hydrogen (secondary N) is 1. The Kier molecular flexibility index (Phi) is 3.34. The Morgan fingerprint density at radius 2 is 2.22 bits per heavy atom. The lowest BCUT2D eigenvalue weighted by Crippen LogP contribution is -2.37. The molecule has 1 saturated heterocycles. The lowest BCUT2D eigenvalue weighted by Gasteiger charge is -2.16. The highest BCUT2D eigenvalue weighted by atomic mass is 16.5. The molecule has 1 aliphatic heterocycles. The van der Waals surface area contributed by atoms with E-state index < -0.39 is 0 Å². The fraction of sp³-hybridized carbons (Fsp3) is 0.412. The van der Waals surface area contributed by atoms with Gasteiger partial charge in [-0.05, 0) is 29.5 Å². The Morgan fingerprint density at radius 3 is 2.96 bits per heavy atom. The molecule has 1 aromatic heterocycles. The molecule has 6 nitrogen and oxygen atoms in total. The Morgan fingerprint density at radius 1 is 1.35 bits per heavy atom. The SMILES string of the molecule is COc1ccc2ccnc(OC[C@H]3NC(=O)[C@@H]4C(CO)[C@@H]43)c2c1. The van der Waals surface area contributed by atoms with Gasteiger partial charge >= 0.3 is 0 Å². The number of carbonyl (C=O) groups excluding carboxylic acids is 1. The highest BCUT2D eigenvalue weighted by Crippen LogP contribution is 2.52. The summed E-state index contributed by atoms with van der Waals surface area (Å²) in [6.45, 7) is 0.412. The number of piperidine rings is 1. The number of benzene rings is 1. The molecule has 2 aliphatic rings. The molecular weight excluding hydrogens is 296 g/mol. The van der Waals surface area contributed by atoms with Gasteiger partial charge in [-0.3, -0.25) is 4.79 Å². The van der Waals surface area contributed by atoms with Crippen LogP contribution in [0.3, 0.4) is 0 Å². The first-order valence-corrected chi connectivity index (χ1v) is 7.69. The second kappa shape index (κ2) is 5.38. The maximum atomic E-state index is 11.8. The molecule has 4 rings (SSSR count). The zero-order valence-corrected chi connectivity index (χ0v) is 12.7. The van der Waals surface area contributed by atoms with Crippen molar-refractivity contribution in [2.24, 2.45) is 17.8 Å². The molecule has 1 unspecified atom stereocenters. The predicted molar refractivity (Wildman–Crippen MR) is 83.3 cm³/mol. The van der Waals surface area contributed by atoms with Crippen molar-refractivity contribution in [3.05, 3.63) is 30.5 Å². The molecule has 120 valence electrons. The number of nitrogens with zero attached hydrogens (tertiary/aromatic N) is 1. The van der Waals surface area contributed by atoms with Crippen molar-refractivity contribution in [2.75, 3.05) is 20.3 Å².